The van der Waals surface area contributed by atoms with Crippen LogP contribution in [0.3, 0.4) is 0 Å². The van der Waals surface area contributed by atoms with Crippen LogP contribution in [0.25, 0.3) is 0 Å². The van der Waals surface area contributed by atoms with Gasteiger partial charge in [-0.05, 0) is 31.0 Å². The molecule has 3 rings (SSSR count). The second-order valence-electron chi connectivity index (χ2n) is 5.87. The Kier molecular flexibility index (Phi) is 4.92. The summed E-state index contributed by atoms with van der Waals surface area (Å²) in [6.45, 7) is 1.72. The van der Waals surface area contributed by atoms with E-state index >= 15 is 0 Å². The summed E-state index contributed by atoms with van der Waals surface area (Å²) in [7, 11) is 1.55. The number of carbonyl (C=O) groups excluding carboxylic acids is 3. The van der Waals surface area contributed by atoms with Gasteiger partial charge in [0.1, 0.15) is 0 Å². The van der Waals surface area contributed by atoms with Crippen LogP contribution in [-0.2, 0) is 9.47 Å². The number of carbonyl (C=O) groups is 3. The van der Waals surface area contributed by atoms with Crippen LogP contribution in [-0.4, -0.2) is 62.1 Å². The monoisotopic (exact) mass is 332 g/mol. The van der Waals surface area contributed by atoms with Gasteiger partial charge in [-0.15, -0.1) is 0 Å². The zero-order valence-electron chi connectivity index (χ0n) is 13.5. The number of hydrogen-bond donors (Lipinski definition) is 1. The summed E-state index contributed by atoms with van der Waals surface area (Å²) in [6, 6.07) is 4.57. The Morgan fingerprint density at radius 3 is 2.83 bits per heavy atom. The van der Waals surface area contributed by atoms with Crippen molar-refractivity contribution in [3.05, 3.63) is 34.9 Å². The molecule has 7 heteroatoms. The fourth-order valence-corrected chi connectivity index (χ4v) is 2.96. The van der Waals surface area contributed by atoms with Crippen LogP contribution in [0.4, 0.5) is 0 Å². The van der Waals surface area contributed by atoms with Crippen LogP contribution in [0.2, 0.25) is 0 Å². The minimum Gasteiger partial charge on any atom is -0.383 e. The van der Waals surface area contributed by atoms with E-state index in [0.717, 1.165) is 12.8 Å². The molecule has 0 saturated carbocycles. The zero-order valence-corrected chi connectivity index (χ0v) is 13.5. The minimum atomic E-state index is -0.364. The average molecular weight is 332 g/mol. The molecule has 0 bridgehead atoms. The molecule has 24 heavy (non-hydrogen) atoms. The number of amides is 3. The maximum atomic E-state index is 12.5. The normalized spacial score (nSPS) is 19.7. The predicted molar refractivity (Wildman–Crippen MR) is 85.0 cm³/mol. The highest BCUT2D eigenvalue weighted by Crippen LogP contribution is 2.26. The van der Waals surface area contributed by atoms with Gasteiger partial charge < -0.3 is 14.8 Å². The number of rotatable bonds is 6. The quantitative estimate of drug-likeness (QED) is 0.616. The van der Waals surface area contributed by atoms with Gasteiger partial charge in [0.15, 0.2) is 0 Å². The third kappa shape index (κ3) is 3.18. The Morgan fingerprint density at radius 1 is 1.33 bits per heavy atom. The molecule has 1 N–H and O–H groups in total. The van der Waals surface area contributed by atoms with Crippen molar-refractivity contribution in [1.29, 1.82) is 0 Å². The third-order valence-electron chi connectivity index (χ3n) is 4.23. The van der Waals surface area contributed by atoms with Gasteiger partial charge >= 0.3 is 0 Å². The number of hydrogen-bond acceptors (Lipinski definition) is 5. The molecule has 128 valence electrons. The molecular formula is C17H20N2O5. The molecule has 7 nitrogen and oxygen atoms in total. The Balaban J connectivity index is 1.74. The third-order valence-corrected chi connectivity index (χ3v) is 4.23. The molecule has 2 aliphatic heterocycles. The van der Waals surface area contributed by atoms with Crippen LogP contribution in [0, 0.1) is 0 Å². The second-order valence-corrected chi connectivity index (χ2v) is 5.87. The van der Waals surface area contributed by atoms with Gasteiger partial charge in [-0.2, -0.15) is 0 Å². The molecule has 1 aromatic carbocycles. The van der Waals surface area contributed by atoms with Crippen LogP contribution in [0.5, 0.6) is 0 Å². The summed E-state index contributed by atoms with van der Waals surface area (Å²) < 4.78 is 10.4. The van der Waals surface area contributed by atoms with Gasteiger partial charge in [0.25, 0.3) is 17.7 Å². The zero-order chi connectivity index (χ0) is 17.1. The van der Waals surface area contributed by atoms with E-state index in [4.69, 9.17) is 9.47 Å². The molecule has 1 atom stereocenters. The van der Waals surface area contributed by atoms with Crippen LogP contribution in [0.1, 0.15) is 43.9 Å². The minimum absolute atomic E-state index is 0.0935. The average Bonchev–Trinajstić information content (AvgIpc) is 3.18. The highest BCUT2D eigenvalue weighted by atomic mass is 16.5. The molecule has 0 unspecified atom stereocenters. The number of nitrogens with zero attached hydrogens (tertiary/aromatic N) is 1. The molecule has 2 aliphatic rings. The summed E-state index contributed by atoms with van der Waals surface area (Å²) in [5, 5.41) is 2.69. The smallest absolute Gasteiger partial charge is 0.261 e. The van der Waals surface area contributed by atoms with E-state index < -0.39 is 0 Å². The molecule has 0 aromatic heterocycles. The lowest BCUT2D eigenvalue weighted by Gasteiger charge is -2.17. The van der Waals surface area contributed by atoms with Gasteiger partial charge in [0, 0.05) is 25.8 Å². The first-order valence-electron chi connectivity index (χ1n) is 8.01. The highest BCUT2D eigenvalue weighted by molar-refractivity contribution is 6.22. The lowest BCUT2D eigenvalue weighted by atomic mass is 10.1. The van der Waals surface area contributed by atoms with E-state index in [1.54, 1.807) is 13.2 Å². The maximum absolute atomic E-state index is 12.5. The number of methoxy groups -OCH3 is 1. The van der Waals surface area contributed by atoms with Crippen molar-refractivity contribution >= 4 is 17.7 Å². The van der Waals surface area contributed by atoms with E-state index in [1.807, 2.05) is 0 Å². The first kappa shape index (κ1) is 16.6. The molecular weight excluding hydrogens is 312 g/mol. The standard InChI is InChI=1S/C17H20N2O5/c1-23-8-6-18-15(20)11-4-5-13-14(9-11)17(22)19(16(13)21)10-12-3-2-7-24-12/h4-5,9,12H,2-3,6-8,10H2,1H3,(H,18,20)/t12-/m0/s1. The first-order chi connectivity index (χ1) is 11.6. The summed E-state index contributed by atoms with van der Waals surface area (Å²) in [6.07, 6.45) is 1.70. The first-order valence-corrected chi connectivity index (χ1v) is 8.01. The number of fused-ring (bicyclic) bond motifs is 1. The second kappa shape index (κ2) is 7.11. The molecule has 0 spiro atoms. The number of ether oxygens (including phenoxy) is 2. The van der Waals surface area contributed by atoms with Crippen molar-refractivity contribution in [2.24, 2.45) is 0 Å². The Bertz CT molecular complexity index is 667. The fraction of sp³-hybridized carbons (Fsp3) is 0.471. The largest absolute Gasteiger partial charge is 0.383 e. The van der Waals surface area contributed by atoms with Crippen molar-refractivity contribution in [3.63, 3.8) is 0 Å². The highest BCUT2D eigenvalue weighted by Gasteiger charge is 2.37. The summed E-state index contributed by atoms with van der Waals surface area (Å²) >= 11 is 0. The number of imide groups is 1. The van der Waals surface area contributed by atoms with E-state index in [2.05, 4.69) is 5.32 Å². The summed E-state index contributed by atoms with van der Waals surface area (Å²) in [5.41, 5.74) is 0.966. The van der Waals surface area contributed by atoms with E-state index in [1.165, 1.54) is 17.0 Å². The summed E-state index contributed by atoms with van der Waals surface area (Å²) in [4.78, 5) is 38.2. The van der Waals surface area contributed by atoms with Crippen molar-refractivity contribution < 1.29 is 23.9 Å². The maximum Gasteiger partial charge on any atom is 0.261 e. The Labute approximate surface area is 139 Å². The van der Waals surface area contributed by atoms with Gasteiger partial charge in [0.05, 0.1) is 30.4 Å². The van der Waals surface area contributed by atoms with E-state index in [-0.39, 0.29) is 35.9 Å². The SMILES string of the molecule is COCCNC(=O)c1ccc2c(c1)C(=O)N(C[C@@H]1CCCO1)C2=O. The van der Waals surface area contributed by atoms with Crippen molar-refractivity contribution in [3.8, 4) is 0 Å². The lowest BCUT2D eigenvalue weighted by molar-refractivity contribution is 0.0475. The molecule has 0 aliphatic carbocycles. The van der Waals surface area contributed by atoms with Gasteiger partial charge in [-0.3, -0.25) is 19.3 Å². The van der Waals surface area contributed by atoms with Crippen molar-refractivity contribution in [1.82, 2.24) is 10.2 Å². The molecule has 1 saturated heterocycles. The Morgan fingerprint density at radius 2 is 2.12 bits per heavy atom. The van der Waals surface area contributed by atoms with E-state index in [9.17, 15) is 14.4 Å². The van der Waals surface area contributed by atoms with Crippen molar-refractivity contribution in [2.45, 2.75) is 18.9 Å². The van der Waals surface area contributed by atoms with E-state index in [0.29, 0.717) is 30.9 Å². The fourth-order valence-electron chi connectivity index (χ4n) is 2.96. The molecule has 2 heterocycles. The topological polar surface area (TPSA) is 84.9 Å². The van der Waals surface area contributed by atoms with Crippen LogP contribution < -0.4 is 5.32 Å². The predicted octanol–water partition coefficient (Wildman–Crippen LogP) is 0.838. The molecule has 3 amide bonds. The van der Waals surface area contributed by atoms with Gasteiger partial charge in [-0.1, -0.05) is 0 Å². The Hall–Kier alpha value is -2.25. The number of benzene rings is 1. The molecule has 1 aromatic rings. The van der Waals surface area contributed by atoms with Crippen LogP contribution in [0.15, 0.2) is 18.2 Å². The number of nitrogens with one attached hydrogen (secondary N) is 1. The molecule has 1 fully saturated rings. The van der Waals surface area contributed by atoms with Gasteiger partial charge in [-0.25, -0.2) is 0 Å². The van der Waals surface area contributed by atoms with Crippen molar-refractivity contribution in [2.75, 3.05) is 33.4 Å². The summed E-state index contributed by atoms with van der Waals surface area (Å²) in [5.74, 6) is -0.985. The van der Waals surface area contributed by atoms with Crippen LogP contribution >= 0.6 is 0 Å². The lowest BCUT2D eigenvalue weighted by Crippen LogP contribution is -2.36. The van der Waals surface area contributed by atoms with Gasteiger partial charge in [0.2, 0.25) is 0 Å². The molecule has 0 radical (unpaired) electrons.